The summed E-state index contributed by atoms with van der Waals surface area (Å²) in [5, 5.41) is 11.1. The Balaban J connectivity index is 1.21. The topological polar surface area (TPSA) is 29.1 Å². The van der Waals surface area contributed by atoms with Gasteiger partial charge in [-0.15, -0.1) is 0 Å². The molecule has 0 spiro atoms. The highest BCUT2D eigenvalue weighted by Gasteiger charge is 2.11. The van der Waals surface area contributed by atoms with Crippen molar-refractivity contribution in [1.82, 2.24) is 5.32 Å². The SMILES string of the molecule is CCCCCCCCCCCNC(=O)CCCc1ccc2ccc3cccc4ccc1c2c34. The molecule has 0 aliphatic carbocycles. The Bertz CT molecular complexity index is 1150. The number of benzene rings is 4. The van der Waals surface area contributed by atoms with E-state index in [0.717, 1.165) is 25.8 Å². The summed E-state index contributed by atoms with van der Waals surface area (Å²) in [7, 11) is 0. The summed E-state index contributed by atoms with van der Waals surface area (Å²) >= 11 is 0. The molecule has 0 atom stereocenters. The summed E-state index contributed by atoms with van der Waals surface area (Å²) in [5.74, 6) is 0.201. The number of unbranched alkanes of at least 4 members (excludes halogenated alkanes) is 8. The normalized spacial score (nSPS) is 11.7. The molecule has 0 saturated carbocycles. The summed E-state index contributed by atoms with van der Waals surface area (Å²) in [6, 6.07) is 20.0. The van der Waals surface area contributed by atoms with Crippen molar-refractivity contribution in [3.63, 3.8) is 0 Å². The molecule has 4 rings (SSSR count). The van der Waals surface area contributed by atoms with Crippen LogP contribution < -0.4 is 5.32 Å². The highest BCUT2D eigenvalue weighted by Crippen LogP contribution is 2.36. The minimum Gasteiger partial charge on any atom is -0.356 e. The van der Waals surface area contributed by atoms with Crippen LogP contribution in [0.25, 0.3) is 32.3 Å². The van der Waals surface area contributed by atoms with Gasteiger partial charge in [-0.1, -0.05) is 113 Å². The number of rotatable bonds is 14. The van der Waals surface area contributed by atoms with Crippen molar-refractivity contribution in [3.05, 3.63) is 60.2 Å². The van der Waals surface area contributed by atoms with Crippen molar-refractivity contribution in [3.8, 4) is 0 Å². The maximum Gasteiger partial charge on any atom is 0.220 e. The van der Waals surface area contributed by atoms with Gasteiger partial charge < -0.3 is 5.32 Å². The monoisotopic (exact) mass is 441 g/mol. The van der Waals surface area contributed by atoms with Gasteiger partial charge in [-0.05, 0) is 57.1 Å². The van der Waals surface area contributed by atoms with Gasteiger partial charge >= 0.3 is 0 Å². The number of amides is 1. The van der Waals surface area contributed by atoms with E-state index in [1.807, 2.05) is 0 Å². The number of carbonyl (C=O) groups is 1. The molecule has 0 unspecified atom stereocenters. The van der Waals surface area contributed by atoms with Gasteiger partial charge in [-0.2, -0.15) is 0 Å². The first kappa shape index (κ1) is 23.5. The van der Waals surface area contributed by atoms with Gasteiger partial charge in [-0.25, -0.2) is 0 Å². The molecular weight excluding hydrogens is 402 g/mol. The first-order chi connectivity index (χ1) is 16.3. The fourth-order valence-corrected chi connectivity index (χ4v) is 5.20. The Morgan fingerprint density at radius 1 is 0.667 bits per heavy atom. The van der Waals surface area contributed by atoms with Crippen LogP contribution in [-0.2, 0) is 11.2 Å². The molecule has 33 heavy (non-hydrogen) atoms. The molecular formula is C31H39NO. The fraction of sp³-hybridized carbons (Fsp3) is 0.452. The Morgan fingerprint density at radius 2 is 1.27 bits per heavy atom. The Labute approximate surface area is 199 Å². The lowest BCUT2D eigenvalue weighted by molar-refractivity contribution is -0.121. The zero-order valence-corrected chi connectivity index (χ0v) is 20.3. The van der Waals surface area contributed by atoms with Gasteiger partial charge in [0, 0.05) is 13.0 Å². The summed E-state index contributed by atoms with van der Waals surface area (Å²) in [6.07, 6.45) is 14.3. The molecule has 0 bridgehead atoms. The Morgan fingerprint density at radius 3 is 2.00 bits per heavy atom. The lowest BCUT2D eigenvalue weighted by Crippen LogP contribution is -2.24. The second-order valence-electron chi connectivity index (χ2n) is 9.61. The fourth-order valence-electron chi connectivity index (χ4n) is 5.20. The van der Waals surface area contributed by atoms with E-state index in [1.165, 1.54) is 89.2 Å². The van der Waals surface area contributed by atoms with Crippen LogP contribution in [0.15, 0.2) is 54.6 Å². The van der Waals surface area contributed by atoms with Gasteiger partial charge in [0.2, 0.25) is 5.91 Å². The van der Waals surface area contributed by atoms with E-state index in [4.69, 9.17) is 0 Å². The second-order valence-corrected chi connectivity index (χ2v) is 9.61. The maximum atomic E-state index is 12.3. The van der Waals surface area contributed by atoms with Gasteiger partial charge in [-0.3, -0.25) is 4.79 Å². The molecule has 2 nitrogen and oxygen atoms in total. The van der Waals surface area contributed by atoms with Crippen LogP contribution in [-0.4, -0.2) is 12.5 Å². The smallest absolute Gasteiger partial charge is 0.220 e. The molecule has 4 aromatic carbocycles. The van der Waals surface area contributed by atoms with Crippen LogP contribution in [0.3, 0.4) is 0 Å². The quantitative estimate of drug-likeness (QED) is 0.154. The molecule has 1 N–H and O–H groups in total. The van der Waals surface area contributed by atoms with Gasteiger partial charge in [0.25, 0.3) is 0 Å². The van der Waals surface area contributed by atoms with Crippen molar-refractivity contribution in [2.24, 2.45) is 0 Å². The number of hydrogen-bond donors (Lipinski definition) is 1. The molecule has 0 fully saturated rings. The lowest BCUT2D eigenvalue weighted by Gasteiger charge is -2.14. The van der Waals surface area contributed by atoms with Crippen molar-refractivity contribution >= 4 is 38.2 Å². The molecule has 0 aliphatic heterocycles. The number of carbonyl (C=O) groups excluding carboxylic acids is 1. The van der Waals surface area contributed by atoms with E-state index in [-0.39, 0.29) is 5.91 Å². The van der Waals surface area contributed by atoms with Crippen LogP contribution in [0.1, 0.15) is 83.1 Å². The number of hydrogen-bond acceptors (Lipinski definition) is 1. The highest BCUT2D eigenvalue weighted by molar-refractivity contribution is 6.23. The van der Waals surface area contributed by atoms with Gasteiger partial charge in [0.05, 0.1) is 0 Å². The molecule has 0 radical (unpaired) electrons. The van der Waals surface area contributed by atoms with Crippen molar-refractivity contribution < 1.29 is 4.79 Å². The molecule has 4 aromatic rings. The van der Waals surface area contributed by atoms with Crippen LogP contribution in [0.4, 0.5) is 0 Å². The summed E-state index contributed by atoms with van der Waals surface area (Å²) in [5.41, 5.74) is 1.35. The molecule has 2 heteroatoms. The summed E-state index contributed by atoms with van der Waals surface area (Å²) in [6.45, 7) is 3.09. The standard InChI is InChI=1S/C31H39NO/c1-2-3-4-5-6-7-8-9-10-23-32-29(33)16-12-13-24-17-18-27-20-19-25-14-11-15-26-21-22-28(24)31(27)30(25)26/h11,14-15,17-22H,2-10,12-13,16,23H2,1H3,(H,32,33). The second kappa shape index (κ2) is 12.0. The van der Waals surface area contributed by atoms with Crippen molar-refractivity contribution in [1.29, 1.82) is 0 Å². The largest absolute Gasteiger partial charge is 0.356 e. The van der Waals surface area contributed by atoms with E-state index >= 15 is 0 Å². The molecule has 0 heterocycles. The van der Waals surface area contributed by atoms with Crippen molar-refractivity contribution in [2.45, 2.75) is 84.0 Å². The van der Waals surface area contributed by atoms with E-state index in [0.29, 0.717) is 6.42 Å². The number of nitrogens with one attached hydrogen (secondary N) is 1. The molecule has 174 valence electrons. The predicted octanol–water partition coefficient (Wildman–Crippen LogP) is 8.55. The van der Waals surface area contributed by atoms with Crippen molar-refractivity contribution in [2.75, 3.05) is 6.54 Å². The third kappa shape index (κ3) is 6.05. The zero-order chi connectivity index (χ0) is 22.9. The van der Waals surface area contributed by atoms with Crippen LogP contribution >= 0.6 is 0 Å². The maximum absolute atomic E-state index is 12.3. The highest BCUT2D eigenvalue weighted by atomic mass is 16.1. The van der Waals surface area contributed by atoms with E-state index in [9.17, 15) is 4.79 Å². The third-order valence-corrected chi connectivity index (χ3v) is 7.07. The average molecular weight is 442 g/mol. The Hall–Kier alpha value is -2.61. The van der Waals surface area contributed by atoms with Gasteiger partial charge in [0.1, 0.15) is 0 Å². The zero-order valence-electron chi connectivity index (χ0n) is 20.3. The minimum absolute atomic E-state index is 0.201. The van der Waals surface area contributed by atoms with Crippen LogP contribution in [0, 0.1) is 0 Å². The first-order valence-electron chi connectivity index (χ1n) is 13.2. The lowest BCUT2D eigenvalue weighted by atomic mass is 9.90. The number of aryl methyl sites for hydroxylation is 1. The molecule has 0 saturated heterocycles. The third-order valence-electron chi connectivity index (χ3n) is 7.07. The average Bonchev–Trinajstić information content (AvgIpc) is 2.84. The minimum atomic E-state index is 0.201. The van der Waals surface area contributed by atoms with E-state index < -0.39 is 0 Å². The summed E-state index contributed by atoms with van der Waals surface area (Å²) < 4.78 is 0. The predicted molar refractivity (Wildman–Crippen MR) is 143 cm³/mol. The molecule has 0 aromatic heterocycles. The van der Waals surface area contributed by atoms with E-state index in [2.05, 4.69) is 66.8 Å². The van der Waals surface area contributed by atoms with E-state index in [1.54, 1.807) is 0 Å². The molecule has 1 amide bonds. The summed E-state index contributed by atoms with van der Waals surface area (Å²) in [4.78, 5) is 12.3. The molecule has 0 aliphatic rings. The Kier molecular flexibility index (Phi) is 8.58. The first-order valence-corrected chi connectivity index (χ1v) is 13.2. The van der Waals surface area contributed by atoms with Crippen LogP contribution in [0.5, 0.6) is 0 Å². The van der Waals surface area contributed by atoms with Gasteiger partial charge in [0.15, 0.2) is 0 Å². The van der Waals surface area contributed by atoms with Crippen LogP contribution in [0.2, 0.25) is 0 Å².